The maximum absolute atomic E-state index is 12.6. The molecule has 0 saturated carbocycles. The van der Waals surface area contributed by atoms with Crippen LogP contribution in [0.15, 0.2) is 132 Å². The number of nitrogens with zero attached hydrogens (tertiary/aromatic N) is 2. The van der Waals surface area contributed by atoms with Crippen molar-refractivity contribution in [2.45, 2.75) is 0 Å². The number of aliphatic carboxylic acids is 1. The topological polar surface area (TPSA) is 70.1 Å². The molecule has 6 nitrogen and oxygen atoms in total. The lowest BCUT2D eigenvalue weighted by atomic mass is 10.1. The van der Waals surface area contributed by atoms with Crippen LogP contribution in [0.4, 0.5) is 17.1 Å². The number of carbonyl (C=O) groups excluding carboxylic acids is 1. The van der Waals surface area contributed by atoms with E-state index in [1.807, 2.05) is 60.7 Å². The van der Waals surface area contributed by atoms with Crippen molar-refractivity contribution in [3.05, 3.63) is 160 Å². The monoisotopic (exact) mass is 680 g/mol. The number of hydrogen-bond acceptors (Lipinski definition) is 6. The summed E-state index contributed by atoms with van der Waals surface area (Å²) in [5, 5.41) is 9.05. The summed E-state index contributed by atoms with van der Waals surface area (Å²) in [5.74, 6) is -0.688. The molecule has 6 rings (SSSR count). The third kappa shape index (κ3) is 8.43. The summed E-state index contributed by atoms with van der Waals surface area (Å²) < 4.78 is 5.65. The first-order chi connectivity index (χ1) is 23.9. The number of benzene rings is 5. The second kappa shape index (κ2) is 15.5. The Bertz CT molecular complexity index is 2040. The molecule has 1 fully saturated rings. The average Bonchev–Trinajstić information content (AvgIpc) is 3.39. The maximum atomic E-state index is 12.6. The van der Waals surface area contributed by atoms with Gasteiger partial charge >= 0.3 is 5.97 Å². The van der Waals surface area contributed by atoms with Gasteiger partial charge in [0.15, 0.2) is 0 Å². The predicted octanol–water partition coefficient (Wildman–Crippen LogP) is 9.79. The average molecular weight is 681 g/mol. The van der Waals surface area contributed by atoms with Gasteiger partial charge in [-0.2, -0.15) is 0 Å². The number of methoxy groups -OCH3 is 1. The van der Waals surface area contributed by atoms with Gasteiger partial charge in [-0.1, -0.05) is 127 Å². The standard InChI is InChI=1S/C41H32N2O4S2/c1-47-37-25-23-36(24-26-37)43(34-19-15-31(16-20-34)8-7-29-5-3-2-4-6-29)35-21-17-32(18-22-35)10-9-30-11-13-33(14-12-30)27-38-40(46)42(28-39(44)45)41(48)49-38/h2-27H,28H2,1H3,(H,44,45). The van der Waals surface area contributed by atoms with E-state index in [1.54, 1.807) is 13.2 Å². The summed E-state index contributed by atoms with van der Waals surface area (Å²) in [4.78, 5) is 27.4. The Morgan fingerprint density at radius 1 is 0.694 bits per heavy atom. The van der Waals surface area contributed by atoms with Crippen LogP contribution in [-0.4, -0.2) is 39.9 Å². The molecule has 1 heterocycles. The highest BCUT2D eigenvalue weighted by Crippen LogP contribution is 2.36. The van der Waals surface area contributed by atoms with Crippen LogP contribution in [0.5, 0.6) is 5.75 Å². The Kier molecular flexibility index (Phi) is 10.5. The van der Waals surface area contributed by atoms with Crippen molar-refractivity contribution in [2.24, 2.45) is 0 Å². The molecule has 1 amide bonds. The van der Waals surface area contributed by atoms with Gasteiger partial charge in [-0.3, -0.25) is 14.5 Å². The summed E-state index contributed by atoms with van der Waals surface area (Å²) in [5.41, 5.74) is 8.22. The smallest absolute Gasteiger partial charge is 0.323 e. The van der Waals surface area contributed by atoms with Crippen LogP contribution in [0.1, 0.15) is 27.8 Å². The Labute approximate surface area is 295 Å². The molecule has 1 aliphatic rings. The fraction of sp³-hybridized carbons (Fsp3) is 0.0488. The number of thioether (sulfide) groups is 1. The number of carbonyl (C=O) groups is 2. The van der Waals surface area contributed by atoms with E-state index in [4.69, 9.17) is 22.1 Å². The van der Waals surface area contributed by atoms with Crippen LogP contribution in [0.3, 0.4) is 0 Å². The molecule has 0 aliphatic carbocycles. The first-order valence-corrected chi connectivity index (χ1v) is 16.7. The molecule has 0 aromatic heterocycles. The lowest BCUT2D eigenvalue weighted by Gasteiger charge is -2.26. The number of anilines is 3. The SMILES string of the molecule is COc1ccc(N(c2ccc(C=Cc3ccccc3)cc2)c2ccc(C=Cc3ccc(C=C4SC(=S)N(CC(=O)O)C4=O)cc3)cc2)cc1. The van der Waals surface area contributed by atoms with Crippen molar-refractivity contribution < 1.29 is 19.4 Å². The fourth-order valence-corrected chi connectivity index (χ4v) is 6.48. The minimum absolute atomic E-state index is 0.251. The summed E-state index contributed by atoms with van der Waals surface area (Å²) in [7, 11) is 1.67. The molecule has 0 radical (unpaired) electrons. The molecular formula is C41H32N2O4S2. The second-order valence-corrected chi connectivity index (χ2v) is 12.8. The van der Waals surface area contributed by atoms with Crippen LogP contribution in [0.25, 0.3) is 30.4 Å². The molecule has 242 valence electrons. The number of carboxylic acids is 1. The van der Waals surface area contributed by atoms with Gasteiger partial charge in [0, 0.05) is 17.1 Å². The van der Waals surface area contributed by atoms with Gasteiger partial charge in [-0.25, -0.2) is 0 Å². The van der Waals surface area contributed by atoms with E-state index in [0.717, 1.165) is 67.3 Å². The summed E-state index contributed by atoms with van der Waals surface area (Å²) >= 11 is 6.30. The quantitative estimate of drug-likeness (QED) is 0.0846. The Hall–Kier alpha value is -5.70. The Morgan fingerprint density at radius 3 is 1.59 bits per heavy atom. The number of amides is 1. The molecule has 5 aromatic rings. The van der Waals surface area contributed by atoms with Gasteiger partial charge in [-0.15, -0.1) is 0 Å². The number of carboxylic acid groups (broad SMARTS) is 1. The van der Waals surface area contributed by atoms with Crippen LogP contribution >= 0.6 is 24.0 Å². The van der Waals surface area contributed by atoms with Crippen LogP contribution in [0, 0.1) is 0 Å². The third-order valence-corrected chi connectivity index (χ3v) is 9.15. The predicted molar refractivity (Wildman–Crippen MR) is 206 cm³/mol. The van der Waals surface area contributed by atoms with Gasteiger partial charge in [0.05, 0.1) is 12.0 Å². The van der Waals surface area contributed by atoms with Gasteiger partial charge in [0.1, 0.15) is 16.6 Å². The maximum Gasteiger partial charge on any atom is 0.323 e. The first-order valence-electron chi connectivity index (χ1n) is 15.5. The highest BCUT2D eigenvalue weighted by Gasteiger charge is 2.33. The molecule has 49 heavy (non-hydrogen) atoms. The zero-order chi connectivity index (χ0) is 34.2. The van der Waals surface area contributed by atoms with Crippen molar-refractivity contribution in [3.8, 4) is 5.75 Å². The van der Waals surface area contributed by atoms with Gasteiger partial charge in [0.25, 0.3) is 5.91 Å². The van der Waals surface area contributed by atoms with Crippen molar-refractivity contribution >= 4 is 87.6 Å². The molecule has 8 heteroatoms. The van der Waals surface area contributed by atoms with E-state index >= 15 is 0 Å². The number of rotatable bonds is 11. The van der Waals surface area contributed by atoms with Crippen molar-refractivity contribution in [2.75, 3.05) is 18.6 Å². The van der Waals surface area contributed by atoms with E-state index in [9.17, 15) is 9.59 Å². The zero-order valence-electron chi connectivity index (χ0n) is 26.6. The zero-order valence-corrected chi connectivity index (χ0v) is 28.2. The summed E-state index contributed by atoms with van der Waals surface area (Å²) in [6, 6.07) is 43.0. The molecule has 0 spiro atoms. The fourth-order valence-electron chi connectivity index (χ4n) is 5.22. The molecule has 1 aliphatic heterocycles. The second-order valence-electron chi connectivity index (χ2n) is 11.1. The highest BCUT2D eigenvalue weighted by molar-refractivity contribution is 8.26. The lowest BCUT2D eigenvalue weighted by Crippen LogP contribution is -2.33. The van der Waals surface area contributed by atoms with Crippen molar-refractivity contribution in [1.29, 1.82) is 0 Å². The largest absolute Gasteiger partial charge is 0.497 e. The molecule has 5 aromatic carbocycles. The molecule has 1 N–H and O–H groups in total. The third-order valence-electron chi connectivity index (χ3n) is 7.77. The van der Waals surface area contributed by atoms with Crippen LogP contribution < -0.4 is 9.64 Å². The van der Waals surface area contributed by atoms with Crippen molar-refractivity contribution in [1.82, 2.24) is 4.90 Å². The molecule has 0 atom stereocenters. The first kappa shape index (κ1) is 33.2. The van der Waals surface area contributed by atoms with Gasteiger partial charge < -0.3 is 14.7 Å². The number of thiocarbonyl (C=S) groups is 1. The summed E-state index contributed by atoms with van der Waals surface area (Å²) in [6.45, 7) is -0.438. The summed E-state index contributed by atoms with van der Waals surface area (Å²) in [6.07, 6.45) is 10.1. The van der Waals surface area contributed by atoms with E-state index in [1.165, 1.54) is 0 Å². The van der Waals surface area contributed by atoms with Gasteiger partial charge in [0.2, 0.25) is 0 Å². The number of ether oxygens (including phenoxy) is 1. The normalized spacial score (nSPS) is 13.9. The van der Waals surface area contributed by atoms with E-state index in [-0.39, 0.29) is 10.2 Å². The molecule has 1 saturated heterocycles. The van der Waals surface area contributed by atoms with Crippen LogP contribution in [0.2, 0.25) is 0 Å². The molecule has 0 unspecified atom stereocenters. The minimum Gasteiger partial charge on any atom is -0.497 e. The van der Waals surface area contributed by atoms with E-state index in [0.29, 0.717) is 4.91 Å². The van der Waals surface area contributed by atoms with Crippen LogP contribution in [-0.2, 0) is 9.59 Å². The highest BCUT2D eigenvalue weighted by atomic mass is 32.2. The minimum atomic E-state index is -1.10. The molecule has 0 bridgehead atoms. The Morgan fingerprint density at radius 2 is 1.12 bits per heavy atom. The van der Waals surface area contributed by atoms with Gasteiger partial charge in [-0.05, 0) is 82.4 Å². The van der Waals surface area contributed by atoms with Crippen molar-refractivity contribution in [3.63, 3.8) is 0 Å². The Balaban J connectivity index is 1.17. The lowest BCUT2D eigenvalue weighted by molar-refractivity contribution is -0.140. The van der Waals surface area contributed by atoms with E-state index < -0.39 is 12.5 Å². The molecular weight excluding hydrogens is 649 g/mol. The number of hydrogen-bond donors (Lipinski definition) is 1. The van der Waals surface area contributed by atoms with E-state index in [2.05, 4.69) is 95.9 Å².